The van der Waals surface area contributed by atoms with E-state index in [1.165, 1.54) is 82.7 Å². The van der Waals surface area contributed by atoms with Gasteiger partial charge in [0.05, 0.1) is 24.6 Å². The number of hydrogen-bond acceptors (Lipinski definition) is 0. The summed E-state index contributed by atoms with van der Waals surface area (Å²) in [5, 5.41) is 0. The van der Waals surface area contributed by atoms with Gasteiger partial charge in [0.15, 0.2) is 0 Å². The second-order valence-corrected chi connectivity index (χ2v) is 11.7. The zero-order chi connectivity index (χ0) is 18.9. The summed E-state index contributed by atoms with van der Waals surface area (Å²) >= 11 is 0. The fraction of sp³-hybridized carbons (Fsp3) is 1.00. The molecule has 0 rings (SSSR count). The molecule has 0 saturated carbocycles. The van der Waals surface area contributed by atoms with Gasteiger partial charge in [-0.1, -0.05) is 58.3 Å². The van der Waals surface area contributed by atoms with Crippen LogP contribution in [0.2, 0.25) is 0 Å². The van der Waals surface area contributed by atoms with Gasteiger partial charge in [-0.25, -0.2) is 0 Å². The van der Waals surface area contributed by atoms with Gasteiger partial charge >= 0.3 is 7.25 Å². The third-order valence-corrected chi connectivity index (χ3v) is 10.3. The number of rotatable bonds is 14. The van der Waals surface area contributed by atoms with E-state index in [0.717, 1.165) is 0 Å². The average molecular weight is 374 g/mol. The van der Waals surface area contributed by atoms with Gasteiger partial charge in [-0.15, -0.1) is 0 Å². The van der Waals surface area contributed by atoms with Crippen molar-refractivity contribution in [3.63, 3.8) is 0 Å². The van der Waals surface area contributed by atoms with Gasteiger partial charge in [0, 0.05) is 7.26 Å². The molecule has 0 heterocycles. The van der Waals surface area contributed by atoms with Gasteiger partial charge in [0.2, 0.25) is 0 Å². The lowest BCUT2D eigenvalue weighted by Crippen LogP contribution is -2.07. The van der Waals surface area contributed by atoms with Crippen LogP contribution < -0.4 is 0 Å². The highest BCUT2D eigenvalue weighted by Crippen LogP contribution is 2.58. The molecule has 0 aliphatic heterocycles. The Morgan fingerprint density at radius 1 is 0.542 bits per heavy atom. The summed E-state index contributed by atoms with van der Waals surface area (Å²) in [5.74, 6) is 0. The lowest BCUT2D eigenvalue weighted by molar-refractivity contribution is 0.368. The molecule has 0 nitrogen and oxygen atoms in total. The van der Waals surface area contributed by atoms with E-state index in [1.54, 1.807) is 6.16 Å². The van der Waals surface area contributed by atoms with Crippen molar-refractivity contribution >= 4 is 14.5 Å². The standard InChI is InChI=1S/C18H40P.BF4/c1-5-9-10-11-12-13-14-15-16-17-18-19(6-2,7-3)8-4;2-1(3,4)5/h5-18H2,1-4H3;/q+1;-1. The van der Waals surface area contributed by atoms with Crippen molar-refractivity contribution in [2.45, 2.75) is 91.9 Å². The van der Waals surface area contributed by atoms with Crippen LogP contribution in [0.5, 0.6) is 0 Å². The first-order valence-corrected chi connectivity index (χ1v) is 12.5. The maximum Gasteiger partial charge on any atom is 0.673 e. The van der Waals surface area contributed by atoms with Gasteiger partial charge in [-0.2, -0.15) is 0 Å². The molecule has 0 aromatic carbocycles. The first-order chi connectivity index (χ1) is 11.2. The molecule has 0 aliphatic rings. The number of halogens is 4. The van der Waals surface area contributed by atoms with Crippen LogP contribution >= 0.6 is 7.26 Å². The molecule has 24 heavy (non-hydrogen) atoms. The van der Waals surface area contributed by atoms with E-state index >= 15 is 0 Å². The van der Waals surface area contributed by atoms with E-state index in [9.17, 15) is 17.3 Å². The van der Waals surface area contributed by atoms with E-state index < -0.39 is 14.5 Å². The van der Waals surface area contributed by atoms with Gasteiger partial charge in [-0.05, 0) is 33.6 Å². The smallest absolute Gasteiger partial charge is 0.418 e. The fourth-order valence-electron chi connectivity index (χ4n) is 3.08. The minimum atomic E-state index is -6.00. The Labute approximate surface area is 149 Å². The van der Waals surface area contributed by atoms with Crippen molar-refractivity contribution in [1.29, 1.82) is 0 Å². The Kier molecular flexibility index (Phi) is 18.4. The second-order valence-electron chi connectivity index (χ2n) is 6.69. The highest BCUT2D eigenvalue weighted by molar-refractivity contribution is 7.75. The molecule has 0 aliphatic carbocycles. The molecular formula is C18H40BF4P. The van der Waals surface area contributed by atoms with Crippen LogP contribution in [0.15, 0.2) is 0 Å². The maximum atomic E-state index is 9.75. The third-order valence-electron chi connectivity index (χ3n) is 5.00. The van der Waals surface area contributed by atoms with Crippen molar-refractivity contribution in [2.24, 2.45) is 0 Å². The van der Waals surface area contributed by atoms with Crippen molar-refractivity contribution in [2.75, 3.05) is 24.6 Å². The summed E-state index contributed by atoms with van der Waals surface area (Å²) in [6.45, 7) is 9.58. The SMILES string of the molecule is CCCCCCCCCCCC[P+](CC)(CC)CC.F[B-](F)(F)F. The van der Waals surface area contributed by atoms with Crippen LogP contribution in [0.1, 0.15) is 91.9 Å². The highest BCUT2D eigenvalue weighted by atomic mass is 31.2. The molecule has 0 fully saturated rings. The predicted molar refractivity (Wildman–Crippen MR) is 105 cm³/mol. The molecule has 0 unspecified atom stereocenters. The van der Waals surface area contributed by atoms with E-state index in [0.29, 0.717) is 0 Å². The Balaban J connectivity index is 0. The molecule has 0 bridgehead atoms. The van der Waals surface area contributed by atoms with Crippen LogP contribution in [0, 0.1) is 0 Å². The van der Waals surface area contributed by atoms with E-state index in [4.69, 9.17) is 0 Å². The van der Waals surface area contributed by atoms with E-state index in [2.05, 4.69) is 27.7 Å². The molecule has 0 N–H and O–H groups in total. The van der Waals surface area contributed by atoms with E-state index in [-0.39, 0.29) is 0 Å². The summed E-state index contributed by atoms with van der Waals surface area (Å²) in [5.41, 5.74) is 0. The first-order valence-electron chi connectivity index (χ1n) is 9.97. The van der Waals surface area contributed by atoms with Crippen molar-refractivity contribution < 1.29 is 17.3 Å². The number of unbranched alkanes of at least 4 members (excludes halogenated alkanes) is 9. The summed E-state index contributed by atoms with van der Waals surface area (Å²) < 4.78 is 39.0. The predicted octanol–water partition coefficient (Wildman–Crippen LogP) is 8.28. The molecule has 0 radical (unpaired) electrons. The normalized spacial score (nSPS) is 12.0. The summed E-state index contributed by atoms with van der Waals surface area (Å²) in [4.78, 5) is 0. The first kappa shape index (κ1) is 26.4. The largest absolute Gasteiger partial charge is 0.673 e. The monoisotopic (exact) mass is 374 g/mol. The van der Waals surface area contributed by atoms with Crippen LogP contribution in [0.4, 0.5) is 17.3 Å². The molecule has 0 aromatic heterocycles. The summed E-state index contributed by atoms with van der Waals surface area (Å²) in [6, 6.07) is 0. The van der Waals surface area contributed by atoms with Crippen molar-refractivity contribution in [3.05, 3.63) is 0 Å². The Morgan fingerprint density at radius 3 is 1.12 bits per heavy atom. The highest BCUT2D eigenvalue weighted by Gasteiger charge is 2.29. The quantitative estimate of drug-likeness (QED) is 0.124. The molecule has 0 atom stereocenters. The Morgan fingerprint density at radius 2 is 0.833 bits per heavy atom. The lowest BCUT2D eigenvalue weighted by Gasteiger charge is -2.23. The van der Waals surface area contributed by atoms with E-state index in [1.807, 2.05) is 0 Å². The molecular weight excluding hydrogens is 334 g/mol. The van der Waals surface area contributed by atoms with Crippen LogP contribution in [-0.4, -0.2) is 31.9 Å². The lowest BCUT2D eigenvalue weighted by atomic mass is 10.1. The van der Waals surface area contributed by atoms with Crippen LogP contribution in [-0.2, 0) is 0 Å². The summed E-state index contributed by atoms with van der Waals surface area (Å²) in [7, 11) is -6.51. The maximum absolute atomic E-state index is 9.75. The minimum Gasteiger partial charge on any atom is -0.418 e. The Bertz CT molecular complexity index is 242. The molecule has 0 spiro atoms. The van der Waals surface area contributed by atoms with Gasteiger partial charge < -0.3 is 17.3 Å². The molecule has 148 valence electrons. The van der Waals surface area contributed by atoms with Crippen molar-refractivity contribution in [1.82, 2.24) is 0 Å². The average Bonchev–Trinajstić information content (AvgIpc) is 2.52. The van der Waals surface area contributed by atoms with Gasteiger partial charge in [0.25, 0.3) is 0 Å². The fourth-order valence-corrected chi connectivity index (χ4v) is 6.26. The molecule has 6 heteroatoms. The topological polar surface area (TPSA) is 0 Å². The zero-order valence-electron chi connectivity index (χ0n) is 16.4. The molecule has 0 saturated heterocycles. The summed E-state index contributed by atoms with van der Waals surface area (Å²) in [6.07, 6.45) is 20.7. The second kappa shape index (κ2) is 16.7. The van der Waals surface area contributed by atoms with Crippen LogP contribution in [0.3, 0.4) is 0 Å². The minimum absolute atomic E-state index is 0.513. The third kappa shape index (κ3) is 20.3. The molecule has 0 amide bonds. The van der Waals surface area contributed by atoms with Gasteiger partial charge in [0.1, 0.15) is 0 Å². The number of hydrogen-bond donors (Lipinski definition) is 0. The molecule has 0 aromatic rings. The Hall–Kier alpha value is 0.215. The van der Waals surface area contributed by atoms with Crippen LogP contribution in [0.25, 0.3) is 0 Å². The zero-order valence-corrected chi connectivity index (χ0v) is 17.3. The van der Waals surface area contributed by atoms with Crippen molar-refractivity contribution in [3.8, 4) is 0 Å². The van der Waals surface area contributed by atoms with Gasteiger partial charge in [-0.3, -0.25) is 0 Å².